The van der Waals surface area contributed by atoms with Gasteiger partial charge in [0.1, 0.15) is 0 Å². The predicted octanol–water partition coefficient (Wildman–Crippen LogP) is 11.2. The first-order valence-corrected chi connectivity index (χ1v) is 22.3. The van der Waals surface area contributed by atoms with Crippen LogP contribution in [0.15, 0.2) is 12.2 Å². The zero-order valence-corrected chi connectivity index (χ0v) is 33.1. The molecule has 5 heteroatoms. The topological polar surface area (TPSA) is 35.5 Å². The first-order valence-electron chi connectivity index (χ1n) is 18.2. The third-order valence-corrected chi connectivity index (χ3v) is 21.9. The number of hydrogen-bond acceptors (Lipinski definition) is 3. The first kappa shape index (κ1) is 35.2. The second-order valence-corrected chi connectivity index (χ2v) is 24.6. The summed E-state index contributed by atoms with van der Waals surface area (Å²) < 4.78 is 13.0. The van der Waals surface area contributed by atoms with Crippen LogP contribution in [0.3, 0.4) is 0 Å². The molecule has 11 atom stereocenters. The standard InChI is InChI=1S/C39H67BrO3Si/c1-26(23-40)29-16-20-39(25-42-28(3)41)22-21-37(9)30(33(29)39)13-14-32-35(7)18-15-27(2)36(8,31(35)17-19-38(32,37)10)24-43-44(11,12)34(4,5)6/h27,29-33H,1,13-25H2,2-12H3/t27-,29-,30?,31?,32?,33?,35-,36+,37+,38+,39+/m0/s1. The maximum absolute atomic E-state index is 12.1. The van der Waals surface area contributed by atoms with Gasteiger partial charge in [0.2, 0.25) is 0 Å². The molecule has 0 radical (unpaired) electrons. The maximum atomic E-state index is 12.1. The fourth-order valence-electron chi connectivity index (χ4n) is 12.6. The summed E-state index contributed by atoms with van der Waals surface area (Å²) >= 11 is 3.79. The predicted molar refractivity (Wildman–Crippen MR) is 190 cm³/mol. The molecule has 5 fully saturated rings. The molecule has 0 aromatic heterocycles. The number of hydrogen-bond donors (Lipinski definition) is 0. The molecular weight excluding hydrogens is 624 g/mol. The summed E-state index contributed by atoms with van der Waals surface area (Å²) in [7, 11) is -1.83. The van der Waals surface area contributed by atoms with Crippen LogP contribution in [-0.2, 0) is 14.0 Å². The van der Waals surface area contributed by atoms with E-state index in [4.69, 9.17) is 9.16 Å². The molecule has 5 saturated carbocycles. The molecule has 0 spiro atoms. The lowest BCUT2D eigenvalue weighted by atomic mass is 9.32. The van der Waals surface area contributed by atoms with Crippen LogP contribution < -0.4 is 0 Å². The summed E-state index contributed by atoms with van der Waals surface area (Å²) in [5.41, 5.74) is 2.72. The smallest absolute Gasteiger partial charge is 0.302 e. The minimum Gasteiger partial charge on any atom is -0.465 e. The molecule has 5 rings (SSSR count). The van der Waals surface area contributed by atoms with E-state index in [1.165, 1.54) is 69.8 Å². The highest BCUT2D eigenvalue weighted by molar-refractivity contribution is 9.09. The number of allylic oxidation sites excluding steroid dienone is 1. The number of esters is 1. The molecule has 0 bridgehead atoms. The normalized spacial score (nSPS) is 47.2. The minimum atomic E-state index is -1.83. The molecule has 5 aliphatic rings. The SMILES string of the molecule is C=C(CBr)[C@@H]1CC[C@]2(COC(C)=O)CC[C@]3(C)C(CCC4[C@@]5(C)CC[C@H](C)[C@@](C)(CO[Si](C)(C)C(C)(C)C)C5CC[C@]43C)C12. The molecule has 5 aliphatic carbocycles. The van der Waals surface area contributed by atoms with Gasteiger partial charge in [-0.2, -0.15) is 0 Å². The zero-order valence-electron chi connectivity index (χ0n) is 30.5. The molecule has 0 N–H and O–H groups in total. The molecule has 0 aromatic carbocycles. The average Bonchev–Trinajstić information content (AvgIpc) is 3.32. The highest BCUT2D eigenvalue weighted by Gasteiger charge is 2.71. The summed E-state index contributed by atoms with van der Waals surface area (Å²) in [6.07, 6.45) is 12.9. The number of halogens is 1. The van der Waals surface area contributed by atoms with Crippen LogP contribution in [0.25, 0.3) is 0 Å². The number of carbonyl (C=O) groups excluding carboxylic acids is 1. The monoisotopic (exact) mass is 690 g/mol. The molecule has 0 aromatic rings. The molecule has 0 aliphatic heterocycles. The number of fused-ring (bicyclic) bond motifs is 7. The zero-order chi connectivity index (χ0) is 32.7. The van der Waals surface area contributed by atoms with Gasteiger partial charge in [-0.15, -0.1) is 0 Å². The average molecular weight is 692 g/mol. The van der Waals surface area contributed by atoms with E-state index in [2.05, 4.69) is 91.0 Å². The largest absolute Gasteiger partial charge is 0.465 e. The van der Waals surface area contributed by atoms with Crippen molar-refractivity contribution >= 4 is 30.2 Å². The number of carbonyl (C=O) groups is 1. The molecule has 252 valence electrons. The van der Waals surface area contributed by atoms with Gasteiger partial charge in [-0.25, -0.2) is 0 Å². The Morgan fingerprint density at radius 2 is 1.57 bits per heavy atom. The van der Waals surface area contributed by atoms with E-state index in [0.29, 0.717) is 46.5 Å². The maximum Gasteiger partial charge on any atom is 0.302 e. The van der Waals surface area contributed by atoms with Crippen molar-refractivity contribution < 1.29 is 14.0 Å². The highest BCUT2D eigenvalue weighted by atomic mass is 79.9. The highest BCUT2D eigenvalue weighted by Crippen LogP contribution is 2.78. The quantitative estimate of drug-likeness (QED) is 0.115. The number of rotatable bonds is 7. The second kappa shape index (κ2) is 11.5. The van der Waals surface area contributed by atoms with Crippen LogP contribution in [0.4, 0.5) is 0 Å². The first-order chi connectivity index (χ1) is 20.2. The van der Waals surface area contributed by atoms with E-state index in [1.807, 2.05) is 0 Å². The second-order valence-electron chi connectivity index (χ2n) is 19.3. The Kier molecular flexibility index (Phi) is 9.19. The Hall–Kier alpha value is -0.133. The van der Waals surface area contributed by atoms with Crippen molar-refractivity contribution in [2.24, 2.45) is 62.6 Å². The summed E-state index contributed by atoms with van der Waals surface area (Å²) in [5.74, 6) is 3.84. The van der Waals surface area contributed by atoms with Crippen molar-refractivity contribution in [1.82, 2.24) is 0 Å². The third-order valence-electron chi connectivity index (χ3n) is 16.7. The molecule has 3 nitrogen and oxygen atoms in total. The molecule has 4 unspecified atom stereocenters. The van der Waals surface area contributed by atoms with Crippen LogP contribution in [0, 0.1) is 62.6 Å². The number of ether oxygens (including phenoxy) is 1. The van der Waals surface area contributed by atoms with Crippen LogP contribution in [-0.4, -0.2) is 32.8 Å². The molecular formula is C39H67BrO3Si. The van der Waals surface area contributed by atoms with Crippen LogP contribution in [0.2, 0.25) is 18.1 Å². The van der Waals surface area contributed by atoms with Gasteiger partial charge >= 0.3 is 5.97 Å². The van der Waals surface area contributed by atoms with Crippen LogP contribution in [0.5, 0.6) is 0 Å². The third kappa shape index (κ3) is 5.12. The Balaban J connectivity index is 1.48. The van der Waals surface area contributed by atoms with Crippen LogP contribution in [0.1, 0.15) is 127 Å². The molecule has 44 heavy (non-hydrogen) atoms. The van der Waals surface area contributed by atoms with E-state index in [-0.39, 0.29) is 21.8 Å². The van der Waals surface area contributed by atoms with Gasteiger partial charge in [-0.3, -0.25) is 4.79 Å². The summed E-state index contributed by atoms with van der Waals surface area (Å²) in [6.45, 7) is 33.1. The van der Waals surface area contributed by atoms with Gasteiger partial charge in [0, 0.05) is 24.3 Å². The van der Waals surface area contributed by atoms with E-state index in [9.17, 15) is 4.79 Å². The van der Waals surface area contributed by atoms with Crippen molar-refractivity contribution in [2.75, 3.05) is 18.5 Å². The van der Waals surface area contributed by atoms with Gasteiger partial charge < -0.3 is 9.16 Å². The van der Waals surface area contributed by atoms with Crippen molar-refractivity contribution in [3.8, 4) is 0 Å². The lowest BCUT2D eigenvalue weighted by Crippen LogP contribution is -2.67. The fraction of sp³-hybridized carbons (Fsp3) is 0.923. The fourth-order valence-corrected chi connectivity index (χ4v) is 14.1. The van der Waals surface area contributed by atoms with E-state index in [1.54, 1.807) is 6.92 Å². The molecule has 0 saturated heterocycles. The molecule has 0 heterocycles. The summed E-state index contributed by atoms with van der Waals surface area (Å²) in [5, 5.41) is 1.13. The van der Waals surface area contributed by atoms with Crippen molar-refractivity contribution in [3.63, 3.8) is 0 Å². The summed E-state index contributed by atoms with van der Waals surface area (Å²) in [6, 6.07) is 0. The van der Waals surface area contributed by atoms with E-state index < -0.39 is 8.32 Å². The Morgan fingerprint density at radius 1 is 0.886 bits per heavy atom. The van der Waals surface area contributed by atoms with Crippen LogP contribution >= 0.6 is 15.9 Å². The Bertz CT molecular complexity index is 1130. The van der Waals surface area contributed by atoms with E-state index in [0.717, 1.165) is 23.8 Å². The minimum absolute atomic E-state index is 0.121. The van der Waals surface area contributed by atoms with Crippen molar-refractivity contribution in [2.45, 2.75) is 145 Å². The van der Waals surface area contributed by atoms with Crippen molar-refractivity contribution in [1.29, 1.82) is 0 Å². The van der Waals surface area contributed by atoms with Gasteiger partial charge in [0.05, 0.1) is 6.61 Å². The van der Waals surface area contributed by atoms with Gasteiger partial charge in [0.25, 0.3) is 0 Å². The lowest BCUT2D eigenvalue weighted by molar-refractivity contribution is -0.249. The number of alkyl halides is 1. The Labute approximate surface area is 281 Å². The van der Waals surface area contributed by atoms with E-state index >= 15 is 0 Å². The van der Waals surface area contributed by atoms with Gasteiger partial charge in [0.15, 0.2) is 8.32 Å². The van der Waals surface area contributed by atoms with Gasteiger partial charge in [-0.1, -0.05) is 83.5 Å². The lowest BCUT2D eigenvalue weighted by Gasteiger charge is -2.73. The molecule has 0 amide bonds. The van der Waals surface area contributed by atoms with Gasteiger partial charge in [-0.05, 0) is 140 Å². The summed E-state index contributed by atoms with van der Waals surface area (Å²) in [4.78, 5) is 12.1. The Morgan fingerprint density at radius 3 is 2.18 bits per heavy atom. The van der Waals surface area contributed by atoms with Crippen molar-refractivity contribution in [3.05, 3.63) is 12.2 Å².